The van der Waals surface area contributed by atoms with Crippen molar-refractivity contribution in [3.05, 3.63) is 77.2 Å². The minimum absolute atomic E-state index is 0.0507. The Bertz CT molecular complexity index is 1460. The zero-order valence-electron chi connectivity index (χ0n) is 18.7. The van der Waals surface area contributed by atoms with Gasteiger partial charge in [0, 0.05) is 5.69 Å². The molecule has 0 saturated heterocycles. The van der Waals surface area contributed by atoms with Gasteiger partial charge in [-0.15, -0.1) is 0 Å². The maximum atomic E-state index is 14.7. The van der Waals surface area contributed by atoms with Crippen molar-refractivity contribution in [2.24, 2.45) is 0 Å². The van der Waals surface area contributed by atoms with E-state index in [4.69, 9.17) is 21.4 Å². The number of alkyl halides is 3. The molecule has 13 heteroatoms. The first-order chi connectivity index (χ1) is 17.6. The van der Waals surface area contributed by atoms with Crippen LogP contribution in [-0.4, -0.2) is 43.5 Å². The molecule has 37 heavy (non-hydrogen) atoms. The van der Waals surface area contributed by atoms with E-state index in [1.807, 2.05) is 0 Å². The molecule has 2 amide bonds. The maximum absolute atomic E-state index is 14.7. The number of anilines is 2. The van der Waals surface area contributed by atoms with E-state index in [1.54, 1.807) is 24.4 Å². The number of nitrogens with zero attached hydrogens (tertiary/aromatic N) is 2. The summed E-state index contributed by atoms with van der Waals surface area (Å²) < 4.78 is 60.2. The van der Waals surface area contributed by atoms with Crippen LogP contribution in [0.1, 0.15) is 5.56 Å². The third kappa shape index (κ3) is 6.88. The van der Waals surface area contributed by atoms with Crippen LogP contribution >= 0.6 is 11.6 Å². The molecular weight excluding hydrogens is 579 g/mol. The number of amides is 2. The first-order valence-electron chi connectivity index (χ1n) is 10.7. The van der Waals surface area contributed by atoms with Crippen LogP contribution in [0, 0.1) is 5.82 Å². The van der Waals surface area contributed by atoms with Crippen LogP contribution in [0.4, 0.5) is 33.7 Å². The minimum Gasteiger partial charge on any atom is -0.308 e. The minimum atomic E-state index is -4.69. The molecule has 0 saturated carbocycles. The Morgan fingerprint density at radius 3 is 2.46 bits per heavy atom. The van der Waals surface area contributed by atoms with Gasteiger partial charge in [0.25, 0.3) is 0 Å². The SMILES string of the molecule is O=C(Nc1ccc(Oc2ccc3ncc([AsH]CCO)nc3c2)c(F)c1)Nc1ccc(Cl)c(C(F)(F)F)c1. The molecule has 0 aliphatic carbocycles. The Balaban J connectivity index is 1.43. The number of fused-ring (bicyclic) bond motifs is 1. The van der Waals surface area contributed by atoms with Crippen molar-refractivity contribution in [2.45, 2.75) is 11.4 Å². The van der Waals surface area contributed by atoms with Crippen LogP contribution in [0.15, 0.2) is 60.8 Å². The molecule has 0 aliphatic rings. The van der Waals surface area contributed by atoms with Crippen LogP contribution in [0.5, 0.6) is 11.5 Å². The predicted molar refractivity (Wildman–Crippen MR) is 134 cm³/mol. The van der Waals surface area contributed by atoms with E-state index in [9.17, 15) is 22.4 Å². The summed E-state index contributed by atoms with van der Waals surface area (Å²) in [6.07, 6.45) is -3.01. The van der Waals surface area contributed by atoms with E-state index in [2.05, 4.69) is 20.6 Å². The van der Waals surface area contributed by atoms with Gasteiger partial charge in [-0.1, -0.05) is 11.6 Å². The molecule has 192 valence electrons. The van der Waals surface area contributed by atoms with Gasteiger partial charge in [0.1, 0.15) is 0 Å². The molecule has 0 fully saturated rings. The average molecular weight is 597 g/mol. The monoisotopic (exact) mass is 596 g/mol. The van der Waals surface area contributed by atoms with Crippen molar-refractivity contribution >= 4 is 60.3 Å². The van der Waals surface area contributed by atoms with Gasteiger partial charge in [-0.25, -0.2) is 4.79 Å². The van der Waals surface area contributed by atoms with Gasteiger partial charge >= 0.3 is 150 Å². The first-order valence-corrected chi connectivity index (χ1v) is 13.6. The Hall–Kier alpha value is -3.40. The van der Waals surface area contributed by atoms with Crippen molar-refractivity contribution in [1.82, 2.24) is 9.97 Å². The van der Waals surface area contributed by atoms with E-state index >= 15 is 0 Å². The summed E-state index contributed by atoms with van der Waals surface area (Å²) >= 11 is 4.97. The van der Waals surface area contributed by atoms with E-state index in [-0.39, 0.29) is 23.7 Å². The van der Waals surface area contributed by atoms with Gasteiger partial charge in [-0.2, -0.15) is 13.2 Å². The summed E-state index contributed by atoms with van der Waals surface area (Å²) in [5, 5.41) is 13.8. The van der Waals surface area contributed by atoms with Crippen molar-refractivity contribution in [1.29, 1.82) is 0 Å². The summed E-state index contributed by atoms with van der Waals surface area (Å²) in [6, 6.07) is 10.7. The van der Waals surface area contributed by atoms with Crippen molar-refractivity contribution in [3.63, 3.8) is 0 Å². The number of halogens is 5. The van der Waals surface area contributed by atoms with Crippen LogP contribution in [0.3, 0.4) is 0 Å². The first kappa shape index (κ1) is 26.7. The zero-order valence-corrected chi connectivity index (χ0v) is 21.6. The third-order valence-corrected chi connectivity index (χ3v) is 7.47. The molecule has 0 bridgehead atoms. The molecule has 0 radical (unpaired) electrons. The van der Waals surface area contributed by atoms with Crippen molar-refractivity contribution in [2.75, 3.05) is 17.2 Å². The average Bonchev–Trinajstić information content (AvgIpc) is 2.84. The molecule has 1 atom stereocenters. The molecule has 1 aromatic heterocycles. The fraction of sp³-hybridized carbons (Fsp3) is 0.125. The number of rotatable bonds is 7. The quantitative estimate of drug-likeness (QED) is 0.198. The smallest absolute Gasteiger partial charge is 0.308 e. The number of aromatic nitrogens is 2. The van der Waals surface area contributed by atoms with Gasteiger partial charge in [0.15, 0.2) is 0 Å². The van der Waals surface area contributed by atoms with E-state index in [1.165, 1.54) is 18.2 Å². The summed E-state index contributed by atoms with van der Waals surface area (Å²) in [5.74, 6) is -0.574. The van der Waals surface area contributed by atoms with Gasteiger partial charge in [-0.3, -0.25) is 0 Å². The summed E-state index contributed by atoms with van der Waals surface area (Å²) in [7, 11) is 0. The standard InChI is InChI=1S/C24H18AsClF4N4O3/c26-17-4-1-13(9-16(17)24(28,29)30)32-23(36)33-14-2-6-21(18(27)10-14)37-15-3-5-19-20(11-15)34-22(12-31-19)25-7-8-35/h1-6,9-12,25,35H,7-8H2,(H2,32,33,36). The van der Waals surface area contributed by atoms with Gasteiger partial charge in [0.2, 0.25) is 0 Å². The molecule has 1 heterocycles. The Morgan fingerprint density at radius 1 is 1.03 bits per heavy atom. The summed E-state index contributed by atoms with van der Waals surface area (Å²) in [5.41, 5.74) is 0.0249. The van der Waals surface area contributed by atoms with Crippen LogP contribution in [-0.2, 0) is 6.18 Å². The number of benzene rings is 3. The second-order valence-corrected chi connectivity index (χ2v) is 10.8. The molecule has 3 N–H and O–H groups in total. The summed E-state index contributed by atoms with van der Waals surface area (Å²) in [6.45, 7) is 0.0920. The Morgan fingerprint density at radius 2 is 1.76 bits per heavy atom. The zero-order chi connectivity index (χ0) is 26.6. The van der Waals surface area contributed by atoms with Crippen molar-refractivity contribution < 1.29 is 32.2 Å². The van der Waals surface area contributed by atoms with Crippen LogP contribution in [0.2, 0.25) is 10.2 Å². The topological polar surface area (TPSA) is 96.4 Å². The van der Waals surface area contributed by atoms with E-state index < -0.39 is 44.4 Å². The molecular formula is C24H18AsClF4N4O3. The Labute approximate surface area is 219 Å². The fourth-order valence-corrected chi connectivity index (χ4v) is 4.97. The molecule has 4 aromatic rings. The van der Waals surface area contributed by atoms with Crippen LogP contribution < -0.4 is 19.9 Å². The second-order valence-electron chi connectivity index (χ2n) is 7.57. The fourth-order valence-electron chi connectivity index (χ4n) is 3.23. The number of ether oxygens (including phenoxy) is 1. The number of hydrogen-bond donors (Lipinski definition) is 3. The maximum Gasteiger partial charge on any atom is 0.417 e. The number of aliphatic hydroxyl groups is 1. The predicted octanol–water partition coefficient (Wildman–Crippen LogP) is 5.35. The molecule has 0 spiro atoms. The van der Waals surface area contributed by atoms with Gasteiger partial charge in [-0.05, 0) is 18.2 Å². The number of carbonyl (C=O) groups excluding carboxylic acids is 1. The number of nitrogens with one attached hydrogen (secondary N) is 2. The molecule has 7 nitrogen and oxygen atoms in total. The number of aliphatic hydroxyl groups excluding tert-OH is 1. The largest absolute Gasteiger partial charge is 0.417 e. The van der Waals surface area contributed by atoms with E-state index in [0.29, 0.717) is 28.1 Å². The molecule has 1 unspecified atom stereocenters. The van der Waals surface area contributed by atoms with Gasteiger partial charge in [0.05, 0.1) is 10.6 Å². The second kappa shape index (κ2) is 11.3. The summed E-state index contributed by atoms with van der Waals surface area (Å²) in [4.78, 5) is 21.1. The van der Waals surface area contributed by atoms with Gasteiger partial charge < -0.3 is 5.32 Å². The molecule has 4 rings (SSSR count). The Kier molecular flexibility index (Phi) is 8.16. The van der Waals surface area contributed by atoms with E-state index in [0.717, 1.165) is 16.6 Å². The van der Waals surface area contributed by atoms with Crippen LogP contribution in [0.25, 0.3) is 11.0 Å². The normalized spacial score (nSPS) is 11.7. The van der Waals surface area contributed by atoms with Crippen molar-refractivity contribution in [3.8, 4) is 11.5 Å². The molecule has 3 aromatic carbocycles. The molecule has 0 aliphatic heterocycles. The number of carbonyl (C=O) groups is 1. The third-order valence-electron chi connectivity index (χ3n) is 4.88. The number of hydrogen-bond acceptors (Lipinski definition) is 5. The number of urea groups is 1.